The van der Waals surface area contributed by atoms with Crippen LogP contribution in [-0.2, 0) is 0 Å². The van der Waals surface area contributed by atoms with E-state index in [-0.39, 0.29) is 6.03 Å². The Labute approximate surface area is 146 Å². The second-order valence-corrected chi connectivity index (χ2v) is 6.83. The molecule has 122 valence electrons. The number of thioether (sulfide) groups is 1. The van der Waals surface area contributed by atoms with Crippen molar-refractivity contribution in [3.8, 4) is 6.07 Å². The minimum atomic E-state index is -0.499. The second-order valence-electron chi connectivity index (χ2n) is 5.32. The van der Waals surface area contributed by atoms with Crippen molar-refractivity contribution in [3.63, 3.8) is 0 Å². The molecule has 0 saturated carbocycles. The number of nitrogens with zero attached hydrogens (tertiary/aromatic N) is 1. The van der Waals surface area contributed by atoms with Crippen LogP contribution in [0.2, 0.25) is 5.02 Å². The molecule has 1 atom stereocenters. The van der Waals surface area contributed by atoms with Gasteiger partial charge >= 0.3 is 6.03 Å². The van der Waals surface area contributed by atoms with E-state index in [0.717, 1.165) is 17.7 Å². The van der Waals surface area contributed by atoms with E-state index in [9.17, 15) is 10.1 Å². The molecule has 0 fully saturated rings. The Morgan fingerprint density at radius 1 is 1.30 bits per heavy atom. The third-order valence-corrected chi connectivity index (χ3v) is 5.06. The molecular formula is C17H20ClN3OS. The standard InChI is InChI=1S/C17H20ClN3OS/c1-2-3-4-7-10-23-16-13(11-19)15(20-17(22)21-16)12-8-5-6-9-14(12)18/h5-6,8-9,15H,2-4,7,10H2,1H3,(H2,20,21,22). The first-order valence-electron chi connectivity index (χ1n) is 7.76. The molecule has 0 spiro atoms. The number of amides is 2. The molecular weight excluding hydrogens is 330 g/mol. The fourth-order valence-electron chi connectivity index (χ4n) is 2.42. The smallest absolute Gasteiger partial charge is 0.320 e. The number of urea groups is 1. The number of hydrogen-bond donors (Lipinski definition) is 2. The van der Waals surface area contributed by atoms with E-state index in [1.807, 2.05) is 18.2 Å². The molecule has 23 heavy (non-hydrogen) atoms. The third kappa shape index (κ3) is 4.66. The molecule has 0 saturated heterocycles. The third-order valence-electron chi connectivity index (χ3n) is 3.62. The van der Waals surface area contributed by atoms with Crippen molar-refractivity contribution in [2.24, 2.45) is 0 Å². The first-order chi connectivity index (χ1) is 11.2. The number of rotatable bonds is 7. The van der Waals surface area contributed by atoms with Crippen molar-refractivity contribution in [3.05, 3.63) is 45.5 Å². The van der Waals surface area contributed by atoms with Gasteiger partial charge in [0.1, 0.15) is 6.07 Å². The van der Waals surface area contributed by atoms with Crippen LogP contribution in [0.4, 0.5) is 4.79 Å². The summed E-state index contributed by atoms with van der Waals surface area (Å²) in [5, 5.41) is 16.3. The molecule has 4 nitrogen and oxygen atoms in total. The minimum absolute atomic E-state index is 0.301. The molecule has 1 unspecified atom stereocenters. The first kappa shape index (κ1) is 17.7. The summed E-state index contributed by atoms with van der Waals surface area (Å²) < 4.78 is 0. The van der Waals surface area contributed by atoms with E-state index < -0.39 is 6.04 Å². The Morgan fingerprint density at radius 2 is 2.09 bits per heavy atom. The lowest BCUT2D eigenvalue weighted by Gasteiger charge is -2.27. The molecule has 1 aliphatic rings. The summed E-state index contributed by atoms with van der Waals surface area (Å²) in [6.45, 7) is 2.17. The van der Waals surface area contributed by atoms with E-state index in [2.05, 4.69) is 23.6 Å². The van der Waals surface area contributed by atoms with E-state index >= 15 is 0 Å². The molecule has 1 aliphatic heterocycles. The Kier molecular flexibility index (Phi) is 6.82. The summed E-state index contributed by atoms with van der Waals surface area (Å²) in [5.74, 6) is 0.885. The van der Waals surface area contributed by atoms with Crippen LogP contribution in [0.1, 0.15) is 44.2 Å². The number of carbonyl (C=O) groups excluding carboxylic acids is 1. The number of benzene rings is 1. The highest BCUT2D eigenvalue weighted by atomic mass is 35.5. The molecule has 2 N–H and O–H groups in total. The van der Waals surface area contributed by atoms with Crippen LogP contribution in [0.15, 0.2) is 34.9 Å². The van der Waals surface area contributed by atoms with Gasteiger partial charge in [-0.15, -0.1) is 11.8 Å². The average Bonchev–Trinajstić information content (AvgIpc) is 2.54. The number of hydrogen-bond acceptors (Lipinski definition) is 3. The van der Waals surface area contributed by atoms with Gasteiger partial charge in [-0.2, -0.15) is 5.26 Å². The molecule has 2 rings (SSSR count). The molecule has 0 bridgehead atoms. The van der Waals surface area contributed by atoms with Crippen molar-refractivity contribution in [2.75, 3.05) is 5.75 Å². The van der Waals surface area contributed by atoms with Gasteiger partial charge in [-0.1, -0.05) is 56.0 Å². The number of nitriles is 1. The van der Waals surface area contributed by atoms with Crippen molar-refractivity contribution >= 4 is 29.4 Å². The first-order valence-corrected chi connectivity index (χ1v) is 9.12. The topological polar surface area (TPSA) is 64.9 Å². The largest absolute Gasteiger partial charge is 0.326 e. The van der Waals surface area contributed by atoms with Crippen LogP contribution in [0.25, 0.3) is 0 Å². The zero-order valence-corrected chi connectivity index (χ0v) is 14.6. The van der Waals surface area contributed by atoms with Gasteiger partial charge in [-0.3, -0.25) is 0 Å². The van der Waals surface area contributed by atoms with E-state index in [1.165, 1.54) is 31.0 Å². The summed E-state index contributed by atoms with van der Waals surface area (Å²) in [7, 11) is 0. The molecule has 1 aromatic carbocycles. The average molecular weight is 350 g/mol. The summed E-state index contributed by atoms with van der Waals surface area (Å²) in [6, 6.07) is 8.70. The lowest BCUT2D eigenvalue weighted by Crippen LogP contribution is -2.43. The number of carbonyl (C=O) groups is 1. The molecule has 0 aliphatic carbocycles. The summed E-state index contributed by atoms with van der Waals surface area (Å²) in [5.41, 5.74) is 1.25. The van der Waals surface area contributed by atoms with E-state index in [0.29, 0.717) is 15.6 Å². The highest BCUT2D eigenvalue weighted by Crippen LogP contribution is 2.34. The van der Waals surface area contributed by atoms with Gasteiger partial charge in [0.15, 0.2) is 0 Å². The summed E-state index contributed by atoms with van der Waals surface area (Å²) in [6.07, 6.45) is 4.63. The highest BCUT2D eigenvalue weighted by Gasteiger charge is 2.29. The molecule has 1 aromatic rings. The molecule has 6 heteroatoms. The van der Waals surface area contributed by atoms with Gasteiger partial charge in [0.25, 0.3) is 0 Å². The zero-order valence-electron chi connectivity index (χ0n) is 13.1. The van der Waals surface area contributed by atoms with E-state index in [1.54, 1.807) is 6.07 Å². The predicted molar refractivity (Wildman–Crippen MR) is 95.1 cm³/mol. The van der Waals surface area contributed by atoms with Crippen molar-refractivity contribution in [1.29, 1.82) is 5.26 Å². The highest BCUT2D eigenvalue weighted by molar-refractivity contribution is 8.03. The Morgan fingerprint density at radius 3 is 2.78 bits per heavy atom. The predicted octanol–water partition coefficient (Wildman–Crippen LogP) is 4.74. The van der Waals surface area contributed by atoms with Gasteiger partial charge in [-0.05, 0) is 23.8 Å². The Hall–Kier alpha value is -1.64. The summed E-state index contributed by atoms with van der Waals surface area (Å²) >= 11 is 7.76. The van der Waals surface area contributed by atoms with Crippen LogP contribution in [0.3, 0.4) is 0 Å². The quantitative estimate of drug-likeness (QED) is 0.698. The maximum Gasteiger partial charge on any atom is 0.320 e. The fraction of sp³-hybridized carbons (Fsp3) is 0.412. The lowest BCUT2D eigenvalue weighted by atomic mass is 9.99. The Balaban J connectivity index is 2.19. The minimum Gasteiger partial charge on any atom is -0.326 e. The van der Waals surface area contributed by atoms with Crippen molar-refractivity contribution in [2.45, 2.75) is 38.6 Å². The maximum atomic E-state index is 11.9. The zero-order chi connectivity index (χ0) is 16.7. The maximum absolute atomic E-state index is 11.9. The number of nitrogens with one attached hydrogen (secondary N) is 2. The fourth-order valence-corrected chi connectivity index (χ4v) is 3.70. The van der Waals surface area contributed by atoms with Gasteiger partial charge in [-0.25, -0.2) is 4.79 Å². The van der Waals surface area contributed by atoms with Gasteiger partial charge < -0.3 is 10.6 Å². The Bertz CT molecular complexity index is 639. The van der Waals surface area contributed by atoms with Crippen molar-refractivity contribution in [1.82, 2.24) is 10.6 Å². The molecule has 0 radical (unpaired) electrons. The molecule has 2 amide bonds. The number of unbranched alkanes of at least 4 members (excludes halogenated alkanes) is 3. The number of halogens is 1. The van der Waals surface area contributed by atoms with Crippen LogP contribution in [-0.4, -0.2) is 11.8 Å². The van der Waals surface area contributed by atoms with Crippen LogP contribution < -0.4 is 10.6 Å². The van der Waals surface area contributed by atoms with Crippen LogP contribution in [0.5, 0.6) is 0 Å². The van der Waals surface area contributed by atoms with Crippen LogP contribution in [0, 0.1) is 11.3 Å². The summed E-state index contributed by atoms with van der Waals surface area (Å²) in [4.78, 5) is 11.9. The lowest BCUT2D eigenvalue weighted by molar-refractivity contribution is 0.240. The van der Waals surface area contributed by atoms with Gasteiger partial charge in [0.2, 0.25) is 0 Å². The molecule has 1 heterocycles. The van der Waals surface area contributed by atoms with Crippen LogP contribution >= 0.6 is 23.4 Å². The van der Waals surface area contributed by atoms with Crippen molar-refractivity contribution < 1.29 is 4.79 Å². The monoisotopic (exact) mass is 349 g/mol. The second kappa shape index (κ2) is 8.85. The molecule has 0 aromatic heterocycles. The van der Waals surface area contributed by atoms with Gasteiger partial charge in [0.05, 0.1) is 16.6 Å². The van der Waals surface area contributed by atoms with E-state index in [4.69, 9.17) is 11.6 Å². The SMILES string of the molecule is CCCCCCSC1=C(C#N)C(c2ccccc2Cl)NC(=O)N1. The van der Waals surface area contributed by atoms with Gasteiger partial charge in [0, 0.05) is 5.02 Å². The normalized spacial score (nSPS) is 17.4.